The molecule has 0 aliphatic heterocycles. The lowest BCUT2D eigenvalue weighted by Gasteiger charge is -2.06. The zero-order valence-corrected chi connectivity index (χ0v) is 21.7. The summed E-state index contributed by atoms with van der Waals surface area (Å²) >= 11 is 0. The molecule has 0 aliphatic rings. The van der Waals surface area contributed by atoms with E-state index in [9.17, 15) is 4.79 Å². The lowest BCUT2D eigenvalue weighted by Crippen LogP contribution is -2.07. The van der Waals surface area contributed by atoms with Gasteiger partial charge in [-0.3, -0.25) is 0 Å². The molecule has 0 aliphatic carbocycles. The molecule has 0 aromatic heterocycles. The Hall–Kier alpha value is -0.790. The predicted octanol–water partition coefficient (Wildman–Crippen LogP) is 10.1. The van der Waals surface area contributed by atoms with E-state index in [0.717, 1.165) is 18.4 Å². The summed E-state index contributed by atoms with van der Waals surface area (Å²) in [6, 6.07) is 0. The van der Waals surface area contributed by atoms with Gasteiger partial charge in [-0.15, -0.1) is 0 Å². The largest absolute Gasteiger partial charge is 0.462 e. The van der Waals surface area contributed by atoms with Crippen molar-refractivity contribution in [2.45, 2.75) is 162 Å². The van der Waals surface area contributed by atoms with Crippen LogP contribution in [0, 0.1) is 0 Å². The van der Waals surface area contributed by atoms with Gasteiger partial charge < -0.3 is 4.74 Å². The van der Waals surface area contributed by atoms with Crippen molar-refractivity contribution in [3.05, 3.63) is 11.6 Å². The molecule has 0 heterocycles. The molecule has 2 heteroatoms. The maximum atomic E-state index is 12.0. The summed E-state index contributed by atoms with van der Waals surface area (Å²) in [4.78, 5) is 12.0. The third kappa shape index (κ3) is 23.7. The van der Waals surface area contributed by atoms with Crippen molar-refractivity contribution in [2.75, 3.05) is 6.61 Å². The Morgan fingerprint density at radius 2 is 0.903 bits per heavy atom. The number of carbonyl (C=O) groups excluding carboxylic acids is 1. The van der Waals surface area contributed by atoms with Crippen LogP contribution >= 0.6 is 0 Å². The minimum absolute atomic E-state index is 0.112. The highest BCUT2D eigenvalue weighted by molar-refractivity contribution is 5.87. The molecule has 0 unspecified atom stereocenters. The Labute approximate surface area is 196 Å². The first-order valence-electron chi connectivity index (χ1n) is 14.1. The van der Waals surface area contributed by atoms with Crippen LogP contribution in [-0.4, -0.2) is 12.6 Å². The Kier molecular flexibility index (Phi) is 24.8. The molecule has 0 amide bonds. The smallest absolute Gasteiger partial charge is 0.333 e. The van der Waals surface area contributed by atoms with Gasteiger partial charge in [0.25, 0.3) is 0 Å². The van der Waals surface area contributed by atoms with Crippen LogP contribution in [-0.2, 0) is 9.53 Å². The maximum Gasteiger partial charge on any atom is 0.333 e. The fourth-order valence-corrected chi connectivity index (χ4v) is 4.08. The quantitative estimate of drug-likeness (QED) is 0.0854. The first kappa shape index (κ1) is 30.2. The average molecular weight is 437 g/mol. The number of unbranched alkanes of at least 4 members (excludes halogenated alkanes) is 20. The molecular weight excluding hydrogens is 380 g/mol. The van der Waals surface area contributed by atoms with Crippen molar-refractivity contribution in [3.8, 4) is 0 Å². The molecule has 0 N–H and O–H groups in total. The second-order valence-corrected chi connectivity index (χ2v) is 9.53. The third-order valence-electron chi connectivity index (χ3n) is 6.31. The highest BCUT2D eigenvalue weighted by Gasteiger charge is 2.04. The van der Waals surface area contributed by atoms with Gasteiger partial charge in [-0.2, -0.15) is 0 Å². The van der Waals surface area contributed by atoms with Gasteiger partial charge in [0.05, 0.1) is 6.61 Å². The van der Waals surface area contributed by atoms with E-state index in [1.807, 2.05) is 6.92 Å². The molecule has 0 aromatic rings. The molecule has 31 heavy (non-hydrogen) atoms. The summed E-state index contributed by atoms with van der Waals surface area (Å²) in [6.07, 6.45) is 31.2. The topological polar surface area (TPSA) is 26.3 Å². The summed E-state index contributed by atoms with van der Waals surface area (Å²) in [5, 5.41) is 0. The summed E-state index contributed by atoms with van der Waals surface area (Å²) in [7, 11) is 0. The lowest BCUT2D eigenvalue weighted by atomic mass is 10.0. The first-order chi connectivity index (χ1) is 15.2. The van der Waals surface area contributed by atoms with E-state index < -0.39 is 0 Å². The Balaban J connectivity index is 3.40. The van der Waals surface area contributed by atoms with Gasteiger partial charge in [0.2, 0.25) is 0 Å². The zero-order valence-electron chi connectivity index (χ0n) is 21.7. The van der Waals surface area contributed by atoms with E-state index >= 15 is 0 Å². The predicted molar refractivity (Wildman–Crippen MR) is 138 cm³/mol. The van der Waals surface area contributed by atoms with Crippen molar-refractivity contribution < 1.29 is 9.53 Å². The highest BCUT2D eigenvalue weighted by Crippen LogP contribution is 2.13. The molecule has 0 saturated carbocycles. The summed E-state index contributed by atoms with van der Waals surface area (Å²) in [6.45, 7) is 7.03. The molecule has 0 fully saturated rings. The summed E-state index contributed by atoms with van der Waals surface area (Å²) in [5.41, 5.74) is 0.791. The van der Waals surface area contributed by atoms with Crippen LogP contribution in [0.15, 0.2) is 11.6 Å². The van der Waals surface area contributed by atoms with Gasteiger partial charge in [0.15, 0.2) is 0 Å². The minimum Gasteiger partial charge on any atom is -0.462 e. The van der Waals surface area contributed by atoms with E-state index in [1.54, 1.807) is 0 Å². The Bertz CT molecular complexity index is 400. The van der Waals surface area contributed by atoms with E-state index in [-0.39, 0.29) is 5.97 Å². The van der Waals surface area contributed by atoms with Gasteiger partial charge in [-0.1, -0.05) is 142 Å². The van der Waals surface area contributed by atoms with Gasteiger partial charge in [0, 0.05) is 5.57 Å². The van der Waals surface area contributed by atoms with Crippen molar-refractivity contribution >= 4 is 5.97 Å². The number of allylic oxidation sites excluding steroid dienone is 1. The normalized spacial score (nSPS) is 11.8. The fourth-order valence-electron chi connectivity index (χ4n) is 4.08. The van der Waals surface area contributed by atoms with Crippen molar-refractivity contribution in [1.82, 2.24) is 0 Å². The second kappa shape index (κ2) is 25.5. The Morgan fingerprint density at radius 1 is 0.548 bits per heavy atom. The van der Waals surface area contributed by atoms with Crippen molar-refractivity contribution in [2.24, 2.45) is 0 Å². The monoisotopic (exact) mass is 436 g/mol. The van der Waals surface area contributed by atoms with Gasteiger partial charge in [-0.05, 0) is 26.2 Å². The van der Waals surface area contributed by atoms with Crippen LogP contribution in [0.2, 0.25) is 0 Å². The minimum atomic E-state index is -0.112. The van der Waals surface area contributed by atoms with Gasteiger partial charge >= 0.3 is 5.97 Å². The molecule has 0 saturated heterocycles. The van der Waals surface area contributed by atoms with Gasteiger partial charge in [0.1, 0.15) is 0 Å². The summed E-state index contributed by atoms with van der Waals surface area (Å²) < 4.78 is 5.43. The number of carbonyl (C=O) groups is 1. The van der Waals surface area contributed by atoms with E-state index in [1.165, 1.54) is 128 Å². The zero-order chi connectivity index (χ0) is 22.8. The molecule has 0 rings (SSSR count). The van der Waals surface area contributed by atoms with Crippen LogP contribution in [0.1, 0.15) is 162 Å². The molecule has 0 radical (unpaired) electrons. The molecule has 0 spiro atoms. The van der Waals surface area contributed by atoms with Gasteiger partial charge in [-0.25, -0.2) is 4.79 Å². The molecule has 0 bridgehead atoms. The third-order valence-corrected chi connectivity index (χ3v) is 6.31. The SMILES string of the molecule is CCCCCCCCCCCCC/C=C(\C)C(=O)OCCCCCCCCCCCC. The number of hydrogen-bond acceptors (Lipinski definition) is 2. The first-order valence-corrected chi connectivity index (χ1v) is 14.1. The maximum absolute atomic E-state index is 12.0. The van der Waals surface area contributed by atoms with E-state index in [2.05, 4.69) is 19.9 Å². The van der Waals surface area contributed by atoms with Crippen LogP contribution in [0.4, 0.5) is 0 Å². The van der Waals surface area contributed by atoms with Crippen molar-refractivity contribution in [3.63, 3.8) is 0 Å². The molecule has 2 nitrogen and oxygen atoms in total. The molecular formula is C29H56O2. The average Bonchev–Trinajstić information content (AvgIpc) is 2.77. The van der Waals surface area contributed by atoms with E-state index in [0.29, 0.717) is 6.61 Å². The lowest BCUT2D eigenvalue weighted by molar-refractivity contribution is -0.139. The van der Waals surface area contributed by atoms with Crippen LogP contribution in [0.3, 0.4) is 0 Å². The van der Waals surface area contributed by atoms with Crippen LogP contribution in [0.5, 0.6) is 0 Å². The number of ether oxygens (including phenoxy) is 1. The highest BCUT2D eigenvalue weighted by atomic mass is 16.5. The molecule has 0 aromatic carbocycles. The fraction of sp³-hybridized carbons (Fsp3) is 0.897. The van der Waals surface area contributed by atoms with Crippen molar-refractivity contribution in [1.29, 1.82) is 0 Å². The number of esters is 1. The van der Waals surface area contributed by atoms with Crippen LogP contribution in [0.25, 0.3) is 0 Å². The second-order valence-electron chi connectivity index (χ2n) is 9.53. The Morgan fingerprint density at radius 3 is 1.32 bits per heavy atom. The van der Waals surface area contributed by atoms with E-state index in [4.69, 9.17) is 4.74 Å². The van der Waals surface area contributed by atoms with Crippen LogP contribution < -0.4 is 0 Å². The molecule has 0 atom stereocenters. The number of rotatable bonds is 24. The summed E-state index contributed by atoms with van der Waals surface area (Å²) in [5.74, 6) is -0.112. The number of hydrogen-bond donors (Lipinski definition) is 0. The standard InChI is InChI=1S/C29H56O2/c1-4-6-8-10-12-14-16-17-18-20-22-24-26-28(3)29(30)31-27-25-23-21-19-15-13-11-9-7-5-2/h26H,4-25,27H2,1-3H3/b28-26+. The molecule has 184 valence electrons.